The molecule has 0 radical (unpaired) electrons. The number of hydrogen-bond acceptors (Lipinski definition) is 3. The molecule has 1 aromatic heterocycles. The summed E-state index contributed by atoms with van der Waals surface area (Å²) in [7, 11) is 1.69. The van der Waals surface area contributed by atoms with Crippen LogP contribution in [0.3, 0.4) is 0 Å². The number of aliphatic hydroxyl groups is 1. The fourth-order valence-electron chi connectivity index (χ4n) is 3.05. The van der Waals surface area contributed by atoms with Gasteiger partial charge in [0.05, 0.1) is 24.8 Å². The van der Waals surface area contributed by atoms with Gasteiger partial charge in [-0.1, -0.05) is 38.1 Å². The van der Waals surface area contributed by atoms with E-state index in [1.165, 1.54) is 0 Å². The van der Waals surface area contributed by atoms with Crippen LogP contribution in [0.15, 0.2) is 48.9 Å². The molecule has 4 nitrogen and oxygen atoms in total. The summed E-state index contributed by atoms with van der Waals surface area (Å²) in [5, 5.41) is 13.6. The Balaban J connectivity index is 2.10. The molecule has 1 heterocycles. The van der Waals surface area contributed by atoms with Crippen LogP contribution in [0.2, 0.25) is 0 Å². The number of methoxy groups -OCH3 is 1. The third-order valence-electron chi connectivity index (χ3n) is 4.40. The second-order valence-electron chi connectivity index (χ2n) is 6.22. The summed E-state index contributed by atoms with van der Waals surface area (Å²) in [6, 6.07) is 12.3. The molecule has 23 heavy (non-hydrogen) atoms. The van der Waals surface area contributed by atoms with Gasteiger partial charge in [0.15, 0.2) is 0 Å². The summed E-state index contributed by atoms with van der Waals surface area (Å²) < 4.78 is 5.18. The summed E-state index contributed by atoms with van der Waals surface area (Å²) in [6.45, 7) is 4.61. The van der Waals surface area contributed by atoms with Crippen molar-refractivity contribution >= 4 is 10.8 Å². The maximum atomic E-state index is 11.3. The summed E-state index contributed by atoms with van der Waals surface area (Å²) in [5.41, 5.74) is 1.63. The maximum absolute atomic E-state index is 11.3. The number of aromatic amines is 1. The molecule has 0 saturated carbocycles. The van der Waals surface area contributed by atoms with Crippen LogP contribution in [-0.4, -0.2) is 22.2 Å². The average molecular weight is 310 g/mol. The van der Waals surface area contributed by atoms with Crippen molar-refractivity contribution in [1.29, 1.82) is 0 Å². The van der Waals surface area contributed by atoms with E-state index in [1.807, 2.05) is 32.0 Å². The van der Waals surface area contributed by atoms with Gasteiger partial charge in [0, 0.05) is 7.11 Å². The molecule has 0 spiro atoms. The monoisotopic (exact) mass is 310 g/mol. The lowest BCUT2D eigenvalue weighted by molar-refractivity contribution is 0.0281. The van der Waals surface area contributed by atoms with Crippen molar-refractivity contribution in [3.05, 3.63) is 65.7 Å². The van der Waals surface area contributed by atoms with Gasteiger partial charge in [-0.2, -0.15) is 0 Å². The summed E-state index contributed by atoms with van der Waals surface area (Å²) in [5.74, 6) is 0.00756. The smallest absolute Gasteiger partial charge is 0.133 e. The predicted octanol–water partition coefficient (Wildman–Crippen LogP) is 3.60. The Morgan fingerprint density at radius 2 is 1.91 bits per heavy atom. The molecule has 3 aromatic rings. The molecule has 3 rings (SSSR count). The number of aromatic nitrogens is 2. The number of nitrogens with zero attached hydrogens (tertiary/aromatic N) is 1. The Kier molecular flexibility index (Phi) is 4.20. The topological polar surface area (TPSA) is 58.1 Å². The molecule has 0 amide bonds. The number of rotatable bonds is 5. The SMILES string of the molecule is COCc1ccc2cc(C(O)(c3cnc[nH]3)C(C)C)ccc2c1. The number of imidazole rings is 1. The molecule has 0 fully saturated rings. The fourth-order valence-corrected chi connectivity index (χ4v) is 3.05. The highest BCUT2D eigenvalue weighted by Crippen LogP contribution is 2.36. The van der Waals surface area contributed by atoms with Crippen molar-refractivity contribution in [1.82, 2.24) is 9.97 Å². The van der Waals surface area contributed by atoms with Gasteiger partial charge in [-0.05, 0) is 39.9 Å². The van der Waals surface area contributed by atoms with Gasteiger partial charge in [-0.3, -0.25) is 0 Å². The second kappa shape index (κ2) is 6.14. The highest BCUT2D eigenvalue weighted by Gasteiger charge is 2.36. The summed E-state index contributed by atoms with van der Waals surface area (Å²) in [6.07, 6.45) is 3.28. The molecule has 2 N–H and O–H groups in total. The minimum atomic E-state index is -1.09. The Labute approximate surface area is 136 Å². The van der Waals surface area contributed by atoms with Crippen LogP contribution in [0.25, 0.3) is 10.8 Å². The molecule has 0 aliphatic rings. The zero-order valence-electron chi connectivity index (χ0n) is 13.7. The number of ether oxygens (including phenoxy) is 1. The minimum absolute atomic E-state index is 0.00756. The molecule has 0 saturated heterocycles. The van der Waals surface area contributed by atoms with E-state index >= 15 is 0 Å². The van der Waals surface area contributed by atoms with Crippen LogP contribution in [0.4, 0.5) is 0 Å². The highest BCUT2D eigenvalue weighted by atomic mass is 16.5. The van der Waals surface area contributed by atoms with Gasteiger partial charge in [-0.15, -0.1) is 0 Å². The van der Waals surface area contributed by atoms with E-state index in [4.69, 9.17) is 4.74 Å². The van der Waals surface area contributed by atoms with E-state index < -0.39 is 5.60 Å². The van der Waals surface area contributed by atoms with E-state index in [0.717, 1.165) is 21.9 Å². The lowest BCUT2D eigenvalue weighted by Gasteiger charge is -2.32. The normalized spacial score (nSPS) is 14.3. The van der Waals surface area contributed by atoms with E-state index in [2.05, 4.69) is 28.2 Å². The zero-order chi connectivity index (χ0) is 16.4. The van der Waals surface area contributed by atoms with Crippen LogP contribution in [0.5, 0.6) is 0 Å². The number of H-pyrrole nitrogens is 1. The fraction of sp³-hybridized carbons (Fsp3) is 0.316. The molecule has 0 aliphatic heterocycles. The third kappa shape index (κ3) is 2.76. The zero-order valence-corrected chi connectivity index (χ0v) is 13.7. The number of fused-ring (bicyclic) bond motifs is 1. The standard InChI is InChI=1S/C19H22N2O2/c1-13(2)19(22,18-10-20-12-21-18)17-7-6-15-8-14(11-23-3)4-5-16(15)9-17/h4-10,12-13,22H,11H2,1-3H3,(H,20,21). The van der Waals surface area contributed by atoms with Gasteiger partial charge in [-0.25, -0.2) is 4.98 Å². The van der Waals surface area contributed by atoms with Gasteiger partial charge in [0.2, 0.25) is 0 Å². The van der Waals surface area contributed by atoms with Crippen molar-refractivity contribution < 1.29 is 9.84 Å². The number of hydrogen-bond donors (Lipinski definition) is 2. The van der Waals surface area contributed by atoms with Gasteiger partial charge < -0.3 is 14.8 Å². The van der Waals surface area contributed by atoms with Crippen molar-refractivity contribution in [2.24, 2.45) is 5.92 Å². The van der Waals surface area contributed by atoms with E-state index in [0.29, 0.717) is 12.3 Å². The first-order valence-corrected chi connectivity index (χ1v) is 7.79. The maximum Gasteiger partial charge on any atom is 0.133 e. The molecule has 4 heteroatoms. The summed E-state index contributed by atoms with van der Waals surface area (Å²) >= 11 is 0. The lowest BCUT2D eigenvalue weighted by Crippen LogP contribution is -2.33. The van der Waals surface area contributed by atoms with Crippen LogP contribution >= 0.6 is 0 Å². The van der Waals surface area contributed by atoms with E-state index in [1.54, 1.807) is 19.6 Å². The van der Waals surface area contributed by atoms with Crippen LogP contribution in [0, 0.1) is 5.92 Å². The Morgan fingerprint density at radius 1 is 1.17 bits per heavy atom. The van der Waals surface area contributed by atoms with Crippen molar-refractivity contribution in [3.8, 4) is 0 Å². The molecule has 1 atom stereocenters. The first kappa shape index (κ1) is 15.7. The average Bonchev–Trinajstić information content (AvgIpc) is 3.08. The second-order valence-corrected chi connectivity index (χ2v) is 6.22. The lowest BCUT2D eigenvalue weighted by atomic mass is 9.80. The van der Waals surface area contributed by atoms with Gasteiger partial charge >= 0.3 is 0 Å². The van der Waals surface area contributed by atoms with Gasteiger partial charge in [0.1, 0.15) is 5.60 Å². The highest BCUT2D eigenvalue weighted by molar-refractivity contribution is 5.84. The first-order valence-electron chi connectivity index (χ1n) is 7.79. The third-order valence-corrected chi connectivity index (χ3v) is 4.40. The number of nitrogens with one attached hydrogen (secondary N) is 1. The molecule has 2 aromatic carbocycles. The van der Waals surface area contributed by atoms with Crippen molar-refractivity contribution in [2.75, 3.05) is 7.11 Å². The Bertz CT molecular complexity index is 796. The van der Waals surface area contributed by atoms with Crippen molar-refractivity contribution in [3.63, 3.8) is 0 Å². The molecular formula is C19H22N2O2. The first-order chi connectivity index (χ1) is 11.1. The molecule has 1 unspecified atom stereocenters. The van der Waals surface area contributed by atoms with E-state index in [-0.39, 0.29) is 5.92 Å². The predicted molar refractivity (Wildman–Crippen MR) is 91.1 cm³/mol. The van der Waals surface area contributed by atoms with Crippen LogP contribution < -0.4 is 0 Å². The quantitative estimate of drug-likeness (QED) is 0.757. The molecular weight excluding hydrogens is 288 g/mol. The summed E-state index contributed by atoms with van der Waals surface area (Å²) in [4.78, 5) is 7.11. The van der Waals surface area contributed by atoms with Crippen LogP contribution in [-0.2, 0) is 16.9 Å². The largest absolute Gasteiger partial charge is 0.380 e. The van der Waals surface area contributed by atoms with Crippen molar-refractivity contribution in [2.45, 2.75) is 26.1 Å². The minimum Gasteiger partial charge on any atom is -0.380 e. The Hall–Kier alpha value is -2.17. The Morgan fingerprint density at radius 3 is 2.57 bits per heavy atom. The van der Waals surface area contributed by atoms with Gasteiger partial charge in [0.25, 0.3) is 0 Å². The number of benzene rings is 2. The molecule has 0 bridgehead atoms. The molecule has 120 valence electrons. The van der Waals surface area contributed by atoms with E-state index in [9.17, 15) is 5.11 Å². The van der Waals surface area contributed by atoms with Crippen LogP contribution in [0.1, 0.15) is 30.7 Å². The molecule has 0 aliphatic carbocycles.